The summed E-state index contributed by atoms with van der Waals surface area (Å²) in [4.78, 5) is 4.06. The quantitative estimate of drug-likeness (QED) is 0.845. The van der Waals surface area contributed by atoms with Crippen molar-refractivity contribution in [2.75, 3.05) is 6.54 Å². The molecule has 1 aromatic heterocycles. The zero-order valence-electron chi connectivity index (χ0n) is 10.6. The Kier molecular flexibility index (Phi) is 4.73. The maximum absolute atomic E-state index is 5.69. The van der Waals surface area contributed by atoms with E-state index in [1.165, 1.54) is 5.56 Å². The summed E-state index contributed by atoms with van der Waals surface area (Å²) in [6, 6.07) is 12.1. The highest BCUT2D eigenvalue weighted by atomic mass is 16.5. The van der Waals surface area contributed by atoms with Gasteiger partial charge in [-0.3, -0.25) is 4.98 Å². The number of hydrogen-bond donors (Lipinski definition) is 1. The highest BCUT2D eigenvalue weighted by Crippen LogP contribution is 2.13. The molecule has 1 aromatic carbocycles. The smallest absolute Gasteiger partial charge is 0.119 e. The normalized spacial score (nSPS) is 10.3. The summed E-state index contributed by atoms with van der Waals surface area (Å²) < 4.78 is 5.69. The molecule has 0 atom stereocenters. The van der Waals surface area contributed by atoms with Crippen molar-refractivity contribution in [1.29, 1.82) is 0 Å². The van der Waals surface area contributed by atoms with E-state index in [9.17, 15) is 0 Å². The predicted octanol–water partition coefficient (Wildman–Crippen LogP) is 2.77. The molecule has 0 radical (unpaired) electrons. The Hall–Kier alpha value is -1.87. The fourth-order valence-electron chi connectivity index (χ4n) is 1.62. The molecule has 0 aliphatic carbocycles. The first kappa shape index (κ1) is 12.6. The molecule has 0 aliphatic rings. The van der Waals surface area contributed by atoms with Gasteiger partial charge in [0.15, 0.2) is 0 Å². The van der Waals surface area contributed by atoms with Crippen LogP contribution in [0, 0.1) is 0 Å². The van der Waals surface area contributed by atoms with Gasteiger partial charge >= 0.3 is 0 Å². The van der Waals surface area contributed by atoms with E-state index in [1.807, 2.05) is 30.5 Å². The highest BCUT2D eigenvalue weighted by molar-refractivity contribution is 5.27. The molecule has 3 heteroatoms. The van der Waals surface area contributed by atoms with Crippen LogP contribution < -0.4 is 10.1 Å². The lowest BCUT2D eigenvalue weighted by Gasteiger charge is -2.07. The van der Waals surface area contributed by atoms with Crippen LogP contribution in [0.4, 0.5) is 0 Å². The summed E-state index contributed by atoms with van der Waals surface area (Å²) in [5.41, 5.74) is 2.35. The molecule has 2 aromatic rings. The van der Waals surface area contributed by atoms with Crippen LogP contribution in [0.5, 0.6) is 5.75 Å². The van der Waals surface area contributed by atoms with Crippen LogP contribution in [0.1, 0.15) is 18.1 Å². The second kappa shape index (κ2) is 6.77. The van der Waals surface area contributed by atoms with Gasteiger partial charge in [-0.2, -0.15) is 0 Å². The van der Waals surface area contributed by atoms with E-state index >= 15 is 0 Å². The molecule has 2 rings (SSSR count). The van der Waals surface area contributed by atoms with Gasteiger partial charge in [0, 0.05) is 24.5 Å². The Balaban J connectivity index is 1.86. The van der Waals surface area contributed by atoms with Gasteiger partial charge in [-0.15, -0.1) is 0 Å². The predicted molar refractivity (Wildman–Crippen MR) is 72.4 cm³/mol. The van der Waals surface area contributed by atoms with Crippen LogP contribution in [-0.4, -0.2) is 11.5 Å². The lowest BCUT2D eigenvalue weighted by Crippen LogP contribution is -2.11. The third-order valence-electron chi connectivity index (χ3n) is 2.63. The number of nitrogens with one attached hydrogen (secondary N) is 1. The molecule has 94 valence electrons. The number of pyridine rings is 1. The summed E-state index contributed by atoms with van der Waals surface area (Å²) in [7, 11) is 0. The number of hydrogen-bond acceptors (Lipinski definition) is 3. The van der Waals surface area contributed by atoms with Crippen LogP contribution in [0.25, 0.3) is 0 Å². The van der Waals surface area contributed by atoms with E-state index in [0.29, 0.717) is 6.61 Å². The van der Waals surface area contributed by atoms with Crippen molar-refractivity contribution >= 4 is 0 Å². The summed E-state index contributed by atoms with van der Waals surface area (Å²) >= 11 is 0. The molecular formula is C15H18N2O. The van der Waals surface area contributed by atoms with Crippen LogP contribution in [-0.2, 0) is 13.2 Å². The minimum atomic E-state index is 0.556. The van der Waals surface area contributed by atoms with Gasteiger partial charge < -0.3 is 10.1 Å². The molecule has 0 aliphatic heterocycles. The molecule has 18 heavy (non-hydrogen) atoms. The number of benzene rings is 1. The second-order valence-electron chi connectivity index (χ2n) is 4.07. The van der Waals surface area contributed by atoms with Gasteiger partial charge in [0.05, 0.1) is 0 Å². The average molecular weight is 242 g/mol. The van der Waals surface area contributed by atoms with E-state index in [2.05, 4.69) is 29.4 Å². The zero-order chi connectivity index (χ0) is 12.6. The SMILES string of the molecule is CCNCc1ccc(OCc2cccnc2)cc1. The van der Waals surface area contributed by atoms with Gasteiger partial charge in [-0.25, -0.2) is 0 Å². The van der Waals surface area contributed by atoms with Gasteiger partial charge in [-0.05, 0) is 30.3 Å². The molecule has 0 saturated heterocycles. The molecule has 0 fully saturated rings. The zero-order valence-corrected chi connectivity index (χ0v) is 10.6. The van der Waals surface area contributed by atoms with Crippen molar-refractivity contribution in [2.24, 2.45) is 0 Å². The molecule has 0 bridgehead atoms. The molecule has 0 spiro atoms. The number of ether oxygens (including phenoxy) is 1. The topological polar surface area (TPSA) is 34.1 Å². The first-order valence-corrected chi connectivity index (χ1v) is 6.20. The Morgan fingerprint density at radius 2 is 1.94 bits per heavy atom. The van der Waals surface area contributed by atoms with E-state index in [0.717, 1.165) is 24.4 Å². The lowest BCUT2D eigenvalue weighted by atomic mass is 10.2. The van der Waals surface area contributed by atoms with E-state index in [-0.39, 0.29) is 0 Å². The van der Waals surface area contributed by atoms with Gasteiger partial charge in [0.25, 0.3) is 0 Å². The van der Waals surface area contributed by atoms with Crippen molar-refractivity contribution < 1.29 is 4.74 Å². The maximum atomic E-state index is 5.69. The van der Waals surface area contributed by atoms with Gasteiger partial charge in [-0.1, -0.05) is 25.1 Å². The van der Waals surface area contributed by atoms with Crippen molar-refractivity contribution in [3.63, 3.8) is 0 Å². The summed E-state index contributed by atoms with van der Waals surface area (Å²) in [6.07, 6.45) is 3.58. The molecule has 0 amide bonds. The number of nitrogens with zero attached hydrogens (tertiary/aromatic N) is 1. The average Bonchev–Trinajstić information content (AvgIpc) is 2.45. The van der Waals surface area contributed by atoms with Crippen LogP contribution in [0.15, 0.2) is 48.8 Å². The third kappa shape index (κ3) is 3.86. The Morgan fingerprint density at radius 1 is 1.11 bits per heavy atom. The Labute approximate surface area is 108 Å². The van der Waals surface area contributed by atoms with Crippen LogP contribution >= 0.6 is 0 Å². The van der Waals surface area contributed by atoms with Crippen molar-refractivity contribution in [3.8, 4) is 5.75 Å². The van der Waals surface area contributed by atoms with E-state index in [4.69, 9.17) is 4.74 Å². The molecule has 0 saturated carbocycles. The monoisotopic (exact) mass is 242 g/mol. The van der Waals surface area contributed by atoms with Crippen molar-refractivity contribution in [3.05, 3.63) is 59.9 Å². The molecule has 1 N–H and O–H groups in total. The van der Waals surface area contributed by atoms with Gasteiger partial charge in [0.2, 0.25) is 0 Å². The van der Waals surface area contributed by atoms with E-state index in [1.54, 1.807) is 6.20 Å². The maximum Gasteiger partial charge on any atom is 0.119 e. The number of aromatic nitrogens is 1. The largest absolute Gasteiger partial charge is 0.489 e. The Bertz CT molecular complexity index is 454. The van der Waals surface area contributed by atoms with Crippen molar-refractivity contribution in [1.82, 2.24) is 10.3 Å². The van der Waals surface area contributed by atoms with Gasteiger partial charge in [0.1, 0.15) is 12.4 Å². The first-order valence-electron chi connectivity index (χ1n) is 6.20. The molecule has 3 nitrogen and oxygen atoms in total. The minimum absolute atomic E-state index is 0.556. The first-order chi connectivity index (χ1) is 8.88. The van der Waals surface area contributed by atoms with Crippen LogP contribution in [0.2, 0.25) is 0 Å². The second-order valence-corrected chi connectivity index (χ2v) is 4.07. The Morgan fingerprint density at radius 3 is 2.61 bits per heavy atom. The molecular weight excluding hydrogens is 224 g/mol. The van der Waals surface area contributed by atoms with Crippen LogP contribution in [0.3, 0.4) is 0 Å². The number of rotatable bonds is 6. The lowest BCUT2D eigenvalue weighted by molar-refractivity contribution is 0.305. The fraction of sp³-hybridized carbons (Fsp3) is 0.267. The minimum Gasteiger partial charge on any atom is -0.489 e. The third-order valence-corrected chi connectivity index (χ3v) is 2.63. The molecule has 0 unspecified atom stereocenters. The summed E-state index contributed by atoms with van der Waals surface area (Å²) in [5.74, 6) is 0.888. The fourth-order valence-corrected chi connectivity index (χ4v) is 1.62. The van der Waals surface area contributed by atoms with Crippen molar-refractivity contribution in [2.45, 2.75) is 20.1 Å². The summed E-state index contributed by atoms with van der Waals surface area (Å²) in [5, 5.41) is 3.29. The van der Waals surface area contributed by atoms with E-state index < -0.39 is 0 Å². The standard InChI is InChI=1S/C15H18N2O/c1-2-16-10-13-5-7-15(8-6-13)18-12-14-4-3-9-17-11-14/h3-9,11,16H,2,10,12H2,1H3. The highest BCUT2D eigenvalue weighted by Gasteiger charge is 1.97. The molecule has 1 heterocycles. The summed E-state index contributed by atoms with van der Waals surface area (Å²) in [6.45, 7) is 4.55.